The predicted octanol–water partition coefficient (Wildman–Crippen LogP) is 1.60. The van der Waals surface area contributed by atoms with Crippen LogP contribution in [0, 0.1) is 10.1 Å². The van der Waals surface area contributed by atoms with Gasteiger partial charge in [-0.25, -0.2) is 0 Å². The molecule has 0 spiro atoms. The number of aliphatic hydroxyl groups is 1. The standard InChI is InChI=1S/C12H16N2O3/c15-12-6-2-5-11(12)13-8-9-3-1-4-10(7-9)14(16)17/h1,3-4,7,11-13,15H,2,5-6,8H2/t11-,12-/m1/s1. The summed E-state index contributed by atoms with van der Waals surface area (Å²) in [6, 6.07) is 6.69. The number of hydrogen-bond acceptors (Lipinski definition) is 4. The maximum atomic E-state index is 10.6. The van der Waals surface area contributed by atoms with Gasteiger partial charge in [-0.15, -0.1) is 0 Å². The van der Waals surface area contributed by atoms with Gasteiger partial charge >= 0.3 is 0 Å². The lowest BCUT2D eigenvalue weighted by Gasteiger charge is -2.16. The SMILES string of the molecule is O=[N+]([O-])c1cccc(CN[C@@H]2CCC[C@H]2O)c1. The molecule has 2 atom stereocenters. The van der Waals surface area contributed by atoms with Crippen LogP contribution in [0.5, 0.6) is 0 Å². The Balaban J connectivity index is 1.94. The molecule has 5 heteroatoms. The van der Waals surface area contributed by atoms with Crippen molar-refractivity contribution in [2.24, 2.45) is 0 Å². The van der Waals surface area contributed by atoms with Crippen molar-refractivity contribution in [2.75, 3.05) is 0 Å². The van der Waals surface area contributed by atoms with Crippen molar-refractivity contribution in [1.82, 2.24) is 5.32 Å². The first-order valence-corrected chi connectivity index (χ1v) is 5.81. The highest BCUT2D eigenvalue weighted by Crippen LogP contribution is 2.19. The van der Waals surface area contributed by atoms with Crippen LogP contribution < -0.4 is 5.32 Å². The van der Waals surface area contributed by atoms with Crippen LogP contribution in [0.15, 0.2) is 24.3 Å². The van der Waals surface area contributed by atoms with Crippen LogP contribution in [0.2, 0.25) is 0 Å². The molecule has 0 aliphatic heterocycles. The fourth-order valence-corrected chi connectivity index (χ4v) is 2.21. The smallest absolute Gasteiger partial charge is 0.269 e. The largest absolute Gasteiger partial charge is 0.392 e. The number of nitro groups is 1. The average molecular weight is 236 g/mol. The summed E-state index contributed by atoms with van der Waals surface area (Å²) in [6.45, 7) is 0.559. The van der Waals surface area contributed by atoms with Gasteiger partial charge in [0.1, 0.15) is 0 Å². The Bertz CT molecular complexity index is 408. The van der Waals surface area contributed by atoms with E-state index in [2.05, 4.69) is 5.32 Å². The molecule has 1 aliphatic rings. The van der Waals surface area contributed by atoms with Crippen LogP contribution in [0.25, 0.3) is 0 Å². The Morgan fingerprint density at radius 2 is 2.29 bits per heavy atom. The minimum absolute atomic E-state index is 0.108. The molecule has 0 amide bonds. The van der Waals surface area contributed by atoms with E-state index in [1.807, 2.05) is 6.07 Å². The number of non-ortho nitro benzene ring substituents is 1. The van der Waals surface area contributed by atoms with Crippen LogP contribution in [0.4, 0.5) is 5.69 Å². The van der Waals surface area contributed by atoms with Crippen molar-refractivity contribution in [3.63, 3.8) is 0 Å². The van der Waals surface area contributed by atoms with Crippen LogP contribution in [-0.2, 0) is 6.54 Å². The lowest BCUT2D eigenvalue weighted by atomic mass is 10.1. The summed E-state index contributed by atoms with van der Waals surface area (Å²) in [7, 11) is 0. The number of benzene rings is 1. The lowest BCUT2D eigenvalue weighted by molar-refractivity contribution is -0.384. The zero-order valence-corrected chi connectivity index (χ0v) is 9.50. The molecule has 92 valence electrons. The third-order valence-corrected chi connectivity index (χ3v) is 3.17. The van der Waals surface area contributed by atoms with Gasteiger partial charge in [0, 0.05) is 24.7 Å². The second-order valence-electron chi connectivity index (χ2n) is 4.41. The molecule has 2 N–H and O–H groups in total. The maximum Gasteiger partial charge on any atom is 0.269 e. The van der Waals surface area contributed by atoms with Gasteiger partial charge in [-0.1, -0.05) is 12.1 Å². The summed E-state index contributed by atoms with van der Waals surface area (Å²) in [5, 5.41) is 23.5. The van der Waals surface area contributed by atoms with Gasteiger partial charge in [-0.05, 0) is 24.8 Å². The first-order chi connectivity index (χ1) is 8.16. The van der Waals surface area contributed by atoms with E-state index in [1.165, 1.54) is 6.07 Å². The van der Waals surface area contributed by atoms with Crippen LogP contribution in [-0.4, -0.2) is 22.2 Å². The van der Waals surface area contributed by atoms with E-state index >= 15 is 0 Å². The van der Waals surface area contributed by atoms with E-state index in [0.717, 1.165) is 24.8 Å². The summed E-state index contributed by atoms with van der Waals surface area (Å²) in [5.41, 5.74) is 0.981. The molecule has 0 heterocycles. The summed E-state index contributed by atoms with van der Waals surface area (Å²) in [5.74, 6) is 0. The summed E-state index contributed by atoms with van der Waals surface area (Å²) < 4.78 is 0. The van der Waals surface area contributed by atoms with E-state index in [-0.39, 0.29) is 17.8 Å². The van der Waals surface area contributed by atoms with Crippen molar-refractivity contribution in [2.45, 2.75) is 38.0 Å². The van der Waals surface area contributed by atoms with Crippen LogP contribution in [0.3, 0.4) is 0 Å². The second-order valence-corrected chi connectivity index (χ2v) is 4.41. The molecule has 1 saturated carbocycles. The fraction of sp³-hybridized carbons (Fsp3) is 0.500. The molecule has 1 aromatic rings. The van der Waals surface area contributed by atoms with E-state index in [0.29, 0.717) is 6.54 Å². The summed E-state index contributed by atoms with van der Waals surface area (Å²) in [6.07, 6.45) is 2.56. The number of hydrogen-bond donors (Lipinski definition) is 2. The van der Waals surface area contributed by atoms with Crippen molar-refractivity contribution >= 4 is 5.69 Å². The quantitative estimate of drug-likeness (QED) is 0.615. The molecule has 1 fully saturated rings. The number of nitro benzene ring substituents is 1. The summed E-state index contributed by atoms with van der Waals surface area (Å²) in [4.78, 5) is 10.2. The Morgan fingerprint density at radius 1 is 1.47 bits per heavy atom. The monoisotopic (exact) mass is 236 g/mol. The van der Waals surface area contributed by atoms with Crippen molar-refractivity contribution < 1.29 is 10.0 Å². The molecule has 17 heavy (non-hydrogen) atoms. The van der Waals surface area contributed by atoms with Gasteiger partial charge < -0.3 is 10.4 Å². The van der Waals surface area contributed by atoms with Crippen molar-refractivity contribution in [3.05, 3.63) is 39.9 Å². The molecule has 0 bridgehead atoms. The molecule has 0 aromatic heterocycles. The highest BCUT2D eigenvalue weighted by molar-refractivity contribution is 5.34. The Kier molecular flexibility index (Phi) is 3.71. The predicted molar refractivity (Wildman–Crippen MR) is 63.6 cm³/mol. The number of rotatable bonds is 4. The van der Waals surface area contributed by atoms with Crippen molar-refractivity contribution in [1.29, 1.82) is 0 Å². The van der Waals surface area contributed by atoms with E-state index in [9.17, 15) is 15.2 Å². The number of aliphatic hydroxyl groups excluding tert-OH is 1. The first kappa shape index (κ1) is 12.0. The molecule has 5 nitrogen and oxygen atoms in total. The third kappa shape index (κ3) is 3.01. The normalized spacial score (nSPS) is 23.8. The molecule has 2 rings (SSSR count). The topological polar surface area (TPSA) is 75.4 Å². The lowest BCUT2D eigenvalue weighted by Crippen LogP contribution is -2.35. The number of nitrogens with one attached hydrogen (secondary N) is 1. The summed E-state index contributed by atoms with van der Waals surface area (Å²) >= 11 is 0. The zero-order valence-electron chi connectivity index (χ0n) is 9.50. The third-order valence-electron chi connectivity index (χ3n) is 3.17. The average Bonchev–Trinajstić information content (AvgIpc) is 2.72. The maximum absolute atomic E-state index is 10.6. The van der Waals surface area contributed by atoms with Gasteiger partial charge in [0.2, 0.25) is 0 Å². The molecule has 0 saturated heterocycles. The van der Waals surface area contributed by atoms with Gasteiger partial charge in [0.15, 0.2) is 0 Å². The molecular formula is C12H16N2O3. The molecule has 0 unspecified atom stereocenters. The highest BCUT2D eigenvalue weighted by atomic mass is 16.6. The molecule has 0 radical (unpaired) electrons. The molecule has 1 aromatic carbocycles. The van der Waals surface area contributed by atoms with E-state index in [1.54, 1.807) is 12.1 Å². The Hall–Kier alpha value is -1.46. The highest BCUT2D eigenvalue weighted by Gasteiger charge is 2.24. The minimum Gasteiger partial charge on any atom is -0.392 e. The van der Waals surface area contributed by atoms with Crippen LogP contribution >= 0.6 is 0 Å². The molecule has 1 aliphatic carbocycles. The van der Waals surface area contributed by atoms with Gasteiger partial charge in [0.05, 0.1) is 11.0 Å². The minimum atomic E-state index is -0.395. The van der Waals surface area contributed by atoms with Gasteiger partial charge in [0.25, 0.3) is 5.69 Å². The van der Waals surface area contributed by atoms with Gasteiger partial charge in [-0.2, -0.15) is 0 Å². The first-order valence-electron chi connectivity index (χ1n) is 5.81. The van der Waals surface area contributed by atoms with E-state index < -0.39 is 4.92 Å². The second kappa shape index (κ2) is 5.25. The van der Waals surface area contributed by atoms with E-state index in [4.69, 9.17) is 0 Å². The van der Waals surface area contributed by atoms with Crippen molar-refractivity contribution in [3.8, 4) is 0 Å². The zero-order chi connectivity index (χ0) is 12.3. The van der Waals surface area contributed by atoms with Crippen LogP contribution in [0.1, 0.15) is 24.8 Å². The Morgan fingerprint density at radius 3 is 2.94 bits per heavy atom. The fourth-order valence-electron chi connectivity index (χ4n) is 2.21. The Labute approximate surface area is 99.6 Å². The molecular weight excluding hydrogens is 220 g/mol. The number of nitrogens with zero attached hydrogens (tertiary/aromatic N) is 1. The van der Waals surface area contributed by atoms with Gasteiger partial charge in [-0.3, -0.25) is 10.1 Å².